The highest BCUT2D eigenvalue weighted by molar-refractivity contribution is 5.83. The van der Waals surface area contributed by atoms with Crippen LogP contribution in [-0.4, -0.2) is 64.3 Å². The second-order valence-electron chi connectivity index (χ2n) is 6.90. The number of carbonyl (C=O) groups is 1. The maximum absolute atomic E-state index is 12.9. The Labute approximate surface area is 132 Å². The highest BCUT2D eigenvalue weighted by Gasteiger charge is 2.45. The van der Waals surface area contributed by atoms with Crippen molar-refractivity contribution < 1.29 is 4.79 Å². The molecule has 1 aliphatic carbocycles. The van der Waals surface area contributed by atoms with Crippen LogP contribution < -0.4 is 0 Å². The summed E-state index contributed by atoms with van der Waals surface area (Å²) in [6.07, 6.45) is 9.29. The Morgan fingerprint density at radius 3 is 2.73 bits per heavy atom. The van der Waals surface area contributed by atoms with E-state index in [2.05, 4.69) is 20.3 Å². The Kier molecular flexibility index (Phi) is 4.76. The van der Waals surface area contributed by atoms with Gasteiger partial charge in [0, 0.05) is 20.0 Å². The number of likely N-dealkylation sites (tertiary alicyclic amines) is 1. The van der Waals surface area contributed by atoms with Gasteiger partial charge >= 0.3 is 0 Å². The van der Waals surface area contributed by atoms with Gasteiger partial charge in [-0.3, -0.25) is 4.79 Å². The molecule has 2 heterocycles. The number of hydrogen-bond donors (Lipinski definition) is 1. The van der Waals surface area contributed by atoms with Crippen LogP contribution in [0.2, 0.25) is 0 Å². The zero-order chi connectivity index (χ0) is 15.4. The molecular weight excluding hydrogens is 278 g/mol. The highest BCUT2D eigenvalue weighted by Crippen LogP contribution is 2.44. The van der Waals surface area contributed by atoms with Crippen molar-refractivity contribution in [3.05, 3.63) is 11.9 Å². The smallest absolute Gasteiger partial charge is 0.228 e. The van der Waals surface area contributed by atoms with Gasteiger partial charge in [-0.15, -0.1) is 0 Å². The van der Waals surface area contributed by atoms with Crippen molar-refractivity contribution in [2.75, 3.05) is 33.2 Å². The number of rotatable bonds is 7. The number of aromatic amines is 1. The summed E-state index contributed by atoms with van der Waals surface area (Å²) in [6, 6.07) is 0. The second-order valence-corrected chi connectivity index (χ2v) is 6.90. The summed E-state index contributed by atoms with van der Waals surface area (Å²) in [7, 11) is 1.95. The Morgan fingerprint density at radius 1 is 1.36 bits per heavy atom. The molecule has 6 heteroatoms. The van der Waals surface area contributed by atoms with Crippen LogP contribution in [0.25, 0.3) is 0 Å². The van der Waals surface area contributed by atoms with Crippen molar-refractivity contribution in [2.24, 2.45) is 5.41 Å². The first-order valence-corrected chi connectivity index (χ1v) is 8.52. The third kappa shape index (κ3) is 3.32. The zero-order valence-corrected chi connectivity index (χ0v) is 13.6. The number of aromatic nitrogens is 3. The van der Waals surface area contributed by atoms with E-state index in [-0.39, 0.29) is 5.41 Å². The summed E-state index contributed by atoms with van der Waals surface area (Å²) in [4.78, 5) is 17.3. The molecule has 3 rings (SSSR count). The normalized spacial score (nSPS) is 20.8. The molecule has 22 heavy (non-hydrogen) atoms. The molecule has 122 valence electrons. The molecule has 1 N–H and O–H groups in total. The van der Waals surface area contributed by atoms with Crippen molar-refractivity contribution in [1.29, 1.82) is 0 Å². The van der Waals surface area contributed by atoms with E-state index < -0.39 is 0 Å². The quantitative estimate of drug-likeness (QED) is 0.828. The molecule has 1 aliphatic heterocycles. The van der Waals surface area contributed by atoms with Gasteiger partial charge in [0.05, 0.1) is 17.3 Å². The van der Waals surface area contributed by atoms with Crippen molar-refractivity contribution in [1.82, 2.24) is 25.2 Å². The minimum atomic E-state index is -0.223. The number of carbonyl (C=O) groups excluding carboxylic acids is 1. The number of hydrogen-bond acceptors (Lipinski definition) is 4. The van der Waals surface area contributed by atoms with E-state index >= 15 is 0 Å². The van der Waals surface area contributed by atoms with Crippen LogP contribution in [-0.2, 0) is 11.2 Å². The Hall–Kier alpha value is -1.43. The molecule has 0 bridgehead atoms. The number of amides is 1. The lowest BCUT2D eigenvalue weighted by Gasteiger charge is -2.42. The van der Waals surface area contributed by atoms with Crippen LogP contribution >= 0.6 is 0 Å². The van der Waals surface area contributed by atoms with Crippen LogP contribution in [0.4, 0.5) is 0 Å². The third-order valence-electron chi connectivity index (χ3n) is 5.26. The number of nitrogens with one attached hydrogen (secondary N) is 1. The average molecular weight is 305 g/mol. The van der Waals surface area contributed by atoms with Gasteiger partial charge in [-0.05, 0) is 51.7 Å². The molecule has 1 saturated heterocycles. The van der Waals surface area contributed by atoms with Crippen molar-refractivity contribution in [2.45, 2.75) is 44.9 Å². The van der Waals surface area contributed by atoms with Crippen LogP contribution in [0.15, 0.2) is 6.20 Å². The van der Waals surface area contributed by atoms with Gasteiger partial charge in [-0.25, -0.2) is 0 Å². The van der Waals surface area contributed by atoms with E-state index in [1.807, 2.05) is 11.9 Å². The van der Waals surface area contributed by atoms with Gasteiger partial charge in [-0.1, -0.05) is 6.42 Å². The Morgan fingerprint density at radius 2 is 2.14 bits per heavy atom. The van der Waals surface area contributed by atoms with E-state index in [1.54, 1.807) is 6.20 Å². The Bertz CT molecular complexity index is 477. The molecule has 0 atom stereocenters. The zero-order valence-electron chi connectivity index (χ0n) is 13.6. The number of nitrogens with zero attached hydrogens (tertiary/aromatic N) is 4. The minimum Gasteiger partial charge on any atom is -0.345 e. The molecule has 0 spiro atoms. The lowest BCUT2D eigenvalue weighted by Crippen LogP contribution is -2.48. The van der Waals surface area contributed by atoms with E-state index in [0.29, 0.717) is 5.91 Å². The summed E-state index contributed by atoms with van der Waals surface area (Å²) in [5, 5.41) is 10.6. The fourth-order valence-corrected chi connectivity index (χ4v) is 3.77. The standard InChI is InChI=1S/C16H27N5O/c1-20(8-5-11-21-9-2-3-10-21)15(22)16(6-4-7-16)12-14-13-17-19-18-14/h13H,2-12H2,1H3,(H,17,18,19). The summed E-state index contributed by atoms with van der Waals surface area (Å²) in [5.74, 6) is 0.295. The van der Waals surface area contributed by atoms with Gasteiger partial charge in [-0.2, -0.15) is 15.4 Å². The first-order chi connectivity index (χ1) is 10.7. The first-order valence-electron chi connectivity index (χ1n) is 8.52. The van der Waals surface area contributed by atoms with Crippen LogP contribution in [0.5, 0.6) is 0 Å². The SMILES string of the molecule is CN(CCCN1CCCC1)C(=O)C1(Cc2cn[nH]n2)CCC1. The molecule has 0 radical (unpaired) electrons. The third-order valence-corrected chi connectivity index (χ3v) is 5.26. The van der Waals surface area contributed by atoms with Gasteiger partial charge in [0.1, 0.15) is 0 Å². The van der Waals surface area contributed by atoms with E-state index in [1.165, 1.54) is 25.9 Å². The predicted molar refractivity (Wildman–Crippen MR) is 84.3 cm³/mol. The molecule has 6 nitrogen and oxygen atoms in total. The summed E-state index contributed by atoms with van der Waals surface area (Å²) < 4.78 is 0. The summed E-state index contributed by atoms with van der Waals surface area (Å²) >= 11 is 0. The molecule has 1 aromatic heterocycles. The summed E-state index contributed by atoms with van der Waals surface area (Å²) in [6.45, 7) is 4.44. The highest BCUT2D eigenvalue weighted by atomic mass is 16.2. The Balaban J connectivity index is 1.49. The molecule has 1 aromatic rings. The topological polar surface area (TPSA) is 65.1 Å². The van der Waals surface area contributed by atoms with Crippen LogP contribution in [0.3, 0.4) is 0 Å². The maximum Gasteiger partial charge on any atom is 0.228 e. The van der Waals surface area contributed by atoms with Gasteiger partial charge < -0.3 is 9.80 Å². The fourth-order valence-electron chi connectivity index (χ4n) is 3.77. The van der Waals surface area contributed by atoms with E-state index in [9.17, 15) is 4.79 Å². The van der Waals surface area contributed by atoms with E-state index in [0.717, 1.165) is 50.9 Å². The van der Waals surface area contributed by atoms with Gasteiger partial charge in [0.2, 0.25) is 5.91 Å². The molecule has 1 amide bonds. The first kappa shape index (κ1) is 15.5. The van der Waals surface area contributed by atoms with Crippen molar-refractivity contribution in [3.8, 4) is 0 Å². The molecular formula is C16H27N5O. The largest absolute Gasteiger partial charge is 0.345 e. The van der Waals surface area contributed by atoms with Crippen molar-refractivity contribution in [3.63, 3.8) is 0 Å². The average Bonchev–Trinajstić information content (AvgIpc) is 3.15. The molecule has 1 saturated carbocycles. The van der Waals surface area contributed by atoms with Gasteiger partial charge in [0.25, 0.3) is 0 Å². The second kappa shape index (κ2) is 6.77. The van der Waals surface area contributed by atoms with Crippen LogP contribution in [0.1, 0.15) is 44.2 Å². The van der Waals surface area contributed by atoms with E-state index in [4.69, 9.17) is 0 Å². The lowest BCUT2D eigenvalue weighted by atomic mass is 9.65. The summed E-state index contributed by atoms with van der Waals surface area (Å²) in [5.41, 5.74) is 0.678. The predicted octanol–water partition coefficient (Wildman–Crippen LogP) is 1.46. The van der Waals surface area contributed by atoms with Crippen LogP contribution in [0, 0.1) is 5.41 Å². The molecule has 0 unspecified atom stereocenters. The lowest BCUT2D eigenvalue weighted by molar-refractivity contribution is -0.146. The molecule has 0 aromatic carbocycles. The van der Waals surface area contributed by atoms with Crippen molar-refractivity contribution >= 4 is 5.91 Å². The fraction of sp³-hybridized carbons (Fsp3) is 0.812. The maximum atomic E-state index is 12.9. The van der Waals surface area contributed by atoms with Gasteiger partial charge in [0.15, 0.2) is 0 Å². The molecule has 2 aliphatic rings. The number of H-pyrrole nitrogens is 1. The molecule has 2 fully saturated rings. The minimum absolute atomic E-state index is 0.223. The monoisotopic (exact) mass is 305 g/mol.